The number of aryl methyl sites for hydroxylation is 2. The number of fused-ring (bicyclic) bond motifs is 2. The van der Waals surface area contributed by atoms with Gasteiger partial charge < -0.3 is 18.9 Å². The highest BCUT2D eigenvalue weighted by atomic mass is 16.7. The highest BCUT2D eigenvalue weighted by molar-refractivity contribution is 5.85. The van der Waals surface area contributed by atoms with Crippen molar-refractivity contribution in [2.45, 2.75) is 52.9 Å². The minimum Gasteiger partial charge on any atom is -0.467 e. The molecule has 1 atom stereocenters. The van der Waals surface area contributed by atoms with Crippen LogP contribution in [0.1, 0.15) is 53.2 Å². The average molecular weight is 527 g/mol. The van der Waals surface area contributed by atoms with Crippen LogP contribution in [0.2, 0.25) is 0 Å². The largest absolute Gasteiger partial charge is 0.467 e. The van der Waals surface area contributed by atoms with Crippen LogP contribution < -0.4 is 15.0 Å². The zero-order valence-corrected chi connectivity index (χ0v) is 22.2. The van der Waals surface area contributed by atoms with Crippen LogP contribution in [0.4, 0.5) is 0 Å². The lowest BCUT2D eigenvalue weighted by Gasteiger charge is -2.30. The maximum atomic E-state index is 13.3. The smallest absolute Gasteiger partial charge is 0.252 e. The van der Waals surface area contributed by atoms with E-state index in [1.165, 1.54) is 0 Å². The van der Waals surface area contributed by atoms with Crippen LogP contribution in [0, 0.1) is 13.8 Å². The number of H-pyrrole nitrogens is 1. The van der Waals surface area contributed by atoms with Crippen LogP contribution in [-0.4, -0.2) is 36.9 Å². The summed E-state index contributed by atoms with van der Waals surface area (Å²) in [4.78, 5) is 18.7. The van der Waals surface area contributed by atoms with Crippen molar-refractivity contribution in [1.29, 1.82) is 0 Å². The lowest BCUT2D eigenvalue weighted by Crippen LogP contribution is -2.32. The molecule has 1 aliphatic heterocycles. The van der Waals surface area contributed by atoms with Crippen LogP contribution in [0.5, 0.6) is 11.5 Å². The highest BCUT2D eigenvalue weighted by Gasteiger charge is 2.27. The van der Waals surface area contributed by atoms with E-state index >= 15 is 0 Å². The summed E-state index contributed by atoms with van der Waals surface area (Å²) >= 11 is 0. The Kier molecular flexibility index (Phi) is 6.62. The van der Waals surface area contributed by atoms with Crippen LogP contribution in [0.3, 0.4) is 0 Å². The number of benzene rings is 2. The van der Waals surface area contributed by atoms with Gasteiger partial charge in [-0.25, -0.2) is 4.68 Å². The van der Waals surface area contributed by atoms with E-state index in [1.54, 1.807) is 10.9 Å². The Balaban J connectivity index is 1.40. The summed E-state index contributed by atoms with van der Waals surface area (Å²) in [6.07, 6.45) is 2.37. The van der Waals surface area contributed by atoms with Crippen LogP contribution in [0.25, 0.3) is 10.9 Å². The maximum Gasteiger partial charge on any atom is 0.252 e. The van der Waals surface area contributed by atoms with Crippen molar-refractivity contribution in [2.75, 3.05) is 6.79 Å². The molecule has 4 heterocycles. The number of hydrogen-bond donors (Lipinski definition) is 1. The second-order valence-electron chi connectivity index (χ2n) is 9.90. The molecule has 0 spiro atoms. The molecule has 2 aromatic carbocycles. The fraction of sp³-hybridized carbons (Fsp3) is 0.310. The number of furan rings is 1. The molecule has 0 aliphatic carbocycles. The molecule has 200 valence electrons. The van der Waals surface area contributed by atoms with Gasteiger partial charge >= 0.3 is 0 Å². The van der Waals surface area contributed by atoms with E-state index in [-0.39, 0.29) is 18.4 Å². The number of aromatic nitrogens is 5. The molecule has 0 saturated heterocycles. The standard InChI is InChI=1S/C29H30N6O4/c1-4-24(28-31-32-33-35(28)16-22-6-5-11-37-22)34(14-20-9-10-25-26(12-20)39-17-38-25)15-21-13-23-18(2)7-8-19(3)27(23)30-29(21)36/h5-13,24H,4,14-17H2,1-3H3,(H,30,36). The first-order valence-electron chi connectivity index (χ1n) is 13.0. The molecule has 3 aromatic heterocycles. The third-order valence-electron chi connectivity index (χ3n) is 7.29. The van der Waals surface area contributed by atoms with Gasteiger partial charge in [0, 0.05) is 24.0 Å². The summed E-state index contributed by atoms with van der Waals surface area (Å²) in [6.45, 7) is 7.75. The van der Waals surface area contributed by atoms with Gasteiger partial charge in [0.1, 0.15) is 12.3 Å². The van der Waals surface area contributed by atoms with Crippen molar-refractivity contribution in [2.24, 2.45) is 0 Å². The SMILES string of the molecule is CCC(c1nnnn1Cc1ccco1)N(Cc1ccc2c(c1)OCO2)Cc1cc2c(C)ccc(C)c2[nH]c1=O. The minimum atomic E-state index is -0.172. The fourth-order valence-corrected chi connectivity index (χ4v) is 5.22. The minimum absolute atomic E-state index is 0.100. The van der Waals surface area contributed by atoms with E-state index in [1.807, 2.05) is 49.4 Å². The molecule has 0 bridgehead atoms. The molecule has 5 aromatic rings. The van der Waals surface area contributed by atoms with E-state index in [9.17, 15) is 4.79 Å². The number of pyridine rings is 1. The van der Waals surface area contributed by atoms with Crippen molar-refractivity contribution in [3.8, 4) is 11.5 Å². The molecular formula is C29H30N6O4. The molecule has 0 fully saturated rings. The Morgan fingerprint density at radius 3 is 2.72 bits per heavy atom. The van der Waals surface area contributed by atoms with Crippen molar-refractivity contribution >= 4 is 10.9 Å². The second-order valence-corrected chi connectivity index (χ2v) is 9.90. The Morgan fingerprint density at radius 1 is 1.05 bits per heavy atom. The van der Waals surface area contributed by atoms with Gasteiger partial charge in [0.05, 0.1) is 17.8 Å². The first kappa shape index (κ1) is 24.9. The van der Waals surface area contributed by atoms with E-state index in [4.69, 9.17) is 13.9 Å². The van der Waals surface area contributed by atoms with Gasteiger partial charge in [-0.2, -0.15) is 0 Å². The van der Waals surface area contributed by atoms with Crippen molar-refractivity contribution in [3.05, 3.63) is 99.0 Å². The number of tetrazole rings is 1. The fourth-order valence-electron chi connectivity index (χ4n) is 5.22. The number of hydrogen-bond acceptors (Lipinski definition) is 8. The molecule has 10 heteroatoms. The molecule has 0 amide bonds. The molecule has 6 rings (SSSR count). The molecular weight excluding hydrogens is 496 g/mol. The number of ether oxygens (including phenoxy) is 2. The van der Waals surface area contributed by atoms with Gasteiger partial charge in [-0.1, -0.05) is 25.1 Å². The molecule has 1 aliphatic rings. The predicted octanol–water partition coefficient (Wildman–Crippen LogP) is 4.65. The molecule has 0 radical (unpaired) electrons. The van der Waals surface area contributed by atoms with Crippen LogP contribution >= 0.6 is 0 Å². The zero-order chi connectivity index (χ0) is 26.9. The van der Waals surface area contributed by atoms with E-state index in [2.05, 4.69) is 45.3 Å². The van der Waals surface area contributed by atoms with Gasteiger partial charge in [0.2, 0.25) is 6.79 Å². The number of rotatable bonds is 9. The number of nitrogens with one attached hydrogen (secondary N) is 1. The third-order valence-corrected chi connectivity index (χ3v) is 7.29. The Bertz CT molecular complexity index is 1670. The Hall–Kier alpha value is -4.44. The summed E-state index contributed by atoms with van der Waals surface area (Å²) in [5, 5.41) is 13.7. The van der Waals surface area contributed by atoms with Gasteiger partial charge in [-0.05, 0) is 77.7 Å². The molecule has 1 unspecified atom stereocenters. The van der Waals surface area contributed by atoms with Crippen LogP contribution in [0.15, 0.2) is 64.0 Å². The summed E-state index contributed by atoms with van der Waals surface area (Å²) in [7, 11) is 0. The summed E-state index contributed by atoms with van der Waals surface area (Å²) in [5.41, 5.74) is 4.65. The monoisotopic (exact) mass is 526 g/mol. The Labute approximate surface area is 225 Å². The lowest BCUT2D eigenvalue weighted by atomic mass is 10.0. The van der Waals surface area contributed by atoms with E-state index in [0.29, 0.717) is 31.0 Å². The predicted molar refractivity (Wildman–Crippen MR) is 145 cm³/mol. The Morgan fingerprint density at radius 2 is 1.90 bits per heavy atom. The van der Waals surface area contributed by atoms with Crippen molar-refractivity contribution < 1.29 is 13.9 Å². The van der Waals surface area contributed by atoms with Gasteiger partial charge in [0.25, 0.3) is 5.56 Å². The van der Waals surface area contributed by atoms with Gasteiger partial charge in [0.15, 0.2) is 17.3 Å². The number of aromatic amines is 1. The normalized spacial score (nSPS) is 13.4. The maximum absolute atomic E-state index is 13.3. The van der Waals surface area contributed by atoms with Crippen molar-refractivity contribution in [1.82, 2.24) is 30.1 Å². The molecule has 10 nitrogen and oxygen atoms in total. The van der Waals surface area contributed by atoms with Gasteiger partial charge in [-0.3, -0.25) is 9.69 Å². The molecule has 1 N–H and O–H groups in total. The quantitative estimate of drug-likeness (QED) is 0.295. The average Bonchev–Trinajstić information content (AvgIpc) is 3.71. The zero-order valence-electron chi connectivity index (χ0n) is 22.2. The number of nitrogens with zero attached hydrogens (tertiary/aromatic N) is 5. The van der Waals surface area contributed by atoms with Gasteiger partial charge in [-0.15, -0.1) is 5.10 Å². The highest BCUT2D eigenvalue weighted by Crippen LogP contribution is 2.34. The van der Waals surface area contributed by atoms with E-state index in [0.717, 1.165) is 51.3 Å². The first-order chi connectivity index (χ1) is 19.0. The summed E-state index contributed by atoms with van der Waals surface area (Å²) in [5.74, 6) is 2.92. The second kappa shape index (κ2) is 10.4. The van der Waals surface area contributed by atoms with Crippen molar-refractivity contribution in [3.63, 3.8) is 0 Å². The summed E-state index contributed by atoms with van der Waals surface area (Å²) in [6, 6.07) is 15.6. The molecule has 39 heavy (non-hydrogen) atoms. The summed E-state index contributed by atoms with van der Waals surface area (Å²) < 4.78 is 18.4. The molecule has 0 saturated carbocycles. The topological polar surface area (TPSA) is 111 Å². The first-order valence-corrected chi connectivity index (χ1v) is 13.0. The third kappa shape index (κ3) is 4.90. The van der Waals surface area contributed by atoms with Crippen LogP contribution in [-0.2, 0) is 19.6 Å². The lowest BCUT2D eigenvalue weighted by molar-refractivity contribution is 0.160. The van der Waals surface area contributed by atoms with E-state index < -0.39 is 0 Å².